The van der Waals surface area contributed by atoms with E-state index < -0.39 is 0 Å². The number of hydrogen-bond donors (Lipinski definition) is 1. The summed E-state index contributed by atoms with van der Waals surface area (Å²) < 4.78 is 5.02. The van der Waals surface area contributed by atoms with Gasteiger partial charge in [0.1, 0.15) is 0 Å². The van der Waals surface area contributed by atoms with E-state index in [9.17, 15) is 9.59 Å². The largest absolute Gasteiger partial charge is 0.383 e. The molecule has 16 heavy (non-hydrogen) atoms. The predicted octanol–water partition coefficient (Wildman–Crippen LogP) is -0.138. The lowest BCUT2D eigenvalue weighted by Gasteiger charge is -2.21. The molecule has 0 aromatic carbocycles. The van der Waals surface area contributed by atoms with Gasteiger partial charge in [-0.05, 0) is 7.05 Å². The zero-order chi connectivity index (χ0) is 12.3. The number of hydrogen-bond acceptors (Lipinski definition) is 4. The number of methoxy groups -OCH3 is 1. The summed E-state index contributed by atoms with van der Waals surface area (Å²) in [6, 6.07) is -0.00426. The maximum absolute atomic E-state index is 11.8. The summed E-state index contributed by atoms with van der Waals surface area (Å²) in [5.41, 5.74) is 0. The van der Waals surface area contributed by atoms with E-state index in [0.29, 0.717) is 13.2 Å². The molecule has 0 spiro atoms. The van der Waals surface area contributed by atoms with Gasteiger partial charge in [0.05, 0.1) is 6.61 Å². The van der Waals surface area contributed by atoms with Crippen LogP contribution < -0.4 is 5.32 Å². The Bertz CT molecular complexity index is 260. The van der Waals surface area contributed by atoms with Crippen LogP contribution in [-0.4, -0.2) is 50.1 Å². The second kappa shape index (κ2) is 5.41. The molecule has 2 amide bonds. The molecule has 0 bridgehead atoms. The van der Waals surface area contributed by atoms with Gasteiger partial charge in [-0.2, -0.15) is 0 Å². The molecule has 0 aromatic rings. The van der Waals surface area contributed by atoms with Crippen molar-refractivity contribution < 1.29 is 14.3 Å². The quantitative estimate of drug-likeness (QED) is 0.665. The van der Waals surface area contributed by atoms with E-state index in [1.165, 1.54) is 4.90 Å². The lowest BCUT2D eigenvalue weighted by atomic mass is 10.00. The lowest BCUT2D eigenvalue weighted by Crippen LogP contribution is -2.45. The third-order valence-corrected chi connectivity index (χ3v) is 3.24. The summed E-state index contributed by atoms with van der Waals surface area (Å²) in [4.78, 5) is 25.0. The molecule has 3 unspecified atom stereocenters. The first kappa shape index (κ1) is 13.1. The molecule has 1 heterocycles. The van der Waals surface area contributed by atoms with Crippen molar-refractivity contribution in [2.24, 2.45) is 11.8 Å². The van der Waals surface area contributed by atoms with Crippen molar-refractivity contribution in [3.63, 3.8) is 0 Å². The highest BCUT2D eigenvalue weighted by Crippen LogP contribution is 2.25. The SMILES string of the molecule is CNC(COC)CN1C(=O)C(C)C(C)C1=O. The fourth-order valence-corrected chi connectivity index (χ4v) is 1.86. The minimum absolute atomic E-state index is 0.00426. The molecule has 1 rings (SSSR count). The molecule has 0 aliphatic carbocycles. The standard InChI is InChI=1S/C11H20N2O3/c1-7-8(2)11(15)13(10(7)14)5-9(12-3)6-16-4/h7-9,12H,5-6H2,1-4H3. The summed E-state index contributed by atoms with van der Waals surface area (Å²) in [5.74, 6) is -0.553. The molecule has 1 aliphatic heterocycles. The molecule has 5 heteroatoms. The van der Waals surface area contributed by atoms with E-state index in [1.807, 2.05) is 0 Å². The van der Waals surface area contributed by atoms with Crippen LogP contribution in [0.3, 0.4) is 0 Å². The zero-order valence-corrected chi connectivity index (χ0v) is 10.3. The highest BCUT2D eigenvalue weighted by atomic mass is 16.5. The van der Waals surface area contributed by atoms with Crippen LogP contribution in [0.25, 0.3) is 0 Å². The van der Waals surface area contributed by atoms with Gasteiger partial charge in [0.2, 0.25) is 11.8 Å². The smallest absolute Gasteiger partial charge is 0.232 e. The number of imide groups is 1. The highest BCUT2D eigenvalue weighted by Gasteiger charge is 2.42. The van der Waals surface area contributed by atoms with Crippen LogP contribution >= 0.6 is 0 Å². The average Bonchev–Trinajstić information content (AvgIpc) is 2.46. The molecule has 1 fully saturated rings. The van der Waals surface area contributed by atoms with Gasteiger partial charge < -0.3 is 10.1 Å². The van der Waals surface area contributed by atoms with Gasteiger partial charge in [0.25, 0.3) is 0 Å². The Kier molecular flexibility index (Phi) is 4.44. The van der Waals surface area contributed by atoms with E-state index in [-0.39, 0.29) is 29.7 Å². The highest BCUT2D eigenvalue weighted by molar-refractivity contribution is 6.04. The van der Waals surface area contributed by atoms with Gasteiger partial charge >= 0.3 is 0 Å². The fraction of sp³-hybridized carbons (Fsp3) is 0.818. The molecule has 1 N–H and O–H groups in total. The van der Waals surface area contributed by atoms with Crippen LogP contribution in [0.5, 0.6) is 0 Å². The Labute approximate surface area is 96.1 Å². The average molecular weight is 228 g/mol. The number of amides is 2. The lowest BCUT2D eigenvalue weighted by molar-refractivity contribution is -0.140. The van der Waals surface area contributed by atoms with Crippen molar-refractivity contribution in [3.8, 4) is 0 Å². The van der Waals surface area contributed by atoms with Crippen molar-refractivity contribution in [1.29, 1.82) is 0 Å². The summed E-state index contributed by atoms with van der Waals surface area (Å²) in [7, 11) is 3.39. The third-order valence-electron chi connectivity index (χ3n) is 3.24. The van der Waals surface area contributed by atoms with Gasteiger partial charge in [-0.15, -0.1) is 0 Å². The molecule has 1 saturated heterocycles. The molecule has 92 valence electrons. The Morgan fingerprint density at radius 2 is 1.81 bits per heavy atom. The monoisotopic (exact) mass is 228 g/mol. The van der Waals surface area contributed by atoms with Crippen LogP contribution in [0.15, 0.2) is 0 Å². The van der Waals surface area contributed by atoms with Crippen molar-refractivity contribution in [1.82, 2.24) is 10.2 Å². The van der Waals surface area contributed by atoms with Crippen LogP contribution in [0.1, 0.15) is 13.8 Å². The Balaban J connectivity index is 2.66. The number of carbonyl (C=O) groups excluding carboxylic acids is 2. The molecular weight excluding hydrogens is 208 g/mol. The molecular formula is C11H20N2O3. The van der Waals surface area contributed by atoms with Crippen molar-refractivity contribution in [2.75, 3.05) is 27.3 Å². The van der Waals surface area contributed by atoms with Crippen LogP contribution in [0, 0.1) is 11.8 Å². The van der Waals surface area contributed by atoms with Crippen molar-refractivity contribution in [2.45, 2.75) is 19.9 Å². The minimum atomic E-state index is -0.201. The molecule has 3 atom stereocenters. The molecule has 0 radical (unpaired) electrons. The van der Waals surface area contributed by atoms with Gasteiger partial charge in [0, 0.05) is 31.5 Å². The molecule has 1 aliphatic rings. The Morgan fingerprint density at radius 3 is 2.19 bits per heavy atom. The summed E-state index contributed by atoms with van der Waals surface area (Å²) >= 11 is 0. The van der Waals surface area contributed by atoms with Crippen LogP contribution in [0.2, 0.25) is 0 Å². The van der Waals surface area contributed by atoms with Gasteiger partial charge in [-0.1, -0.05) is 13.8 Å². The van der Waals surface area contributed by atoms with E-state index in [0.717, 1.165) is 0 Å². The van der Waals surface area contributed by atoms with Crippen molar-refractivity contribution >= 4 is 11.8 Å². The Hall–Kier alpha value is -0.940. The number of rotatable bonds is 5. The summed E-state index contributed by atoms with van der Waals surface area (Å²) in [6.45, 7) is 4.47. The number of nitrogens with zero attached hydrogens (tertiary/aromatic N) is 1. The maximum Gasteiger partial charge on any atom is 0.232 e. The van der Waals surface area contributed by atoms with E-state index in [1.54, 1.807) is 28.0 Å². The van der Waals surface area contributed by atoms with E-state index >= 15 is 0 Å². The second-order valence-electron chi connectivity index (χ2n) is 4.31. The van der Waals surface area contributed by atoms with E-state index in [4.69, 9.17) is 4.74 Å². The van der Waals surface area contributed by atoms with Crippen molar-refractivity contribution in [3.05, 3.63) is 0 Å². The molecule has 0 aromatic heterocycles. The van der Waals surface area contributed by atoms with Crippen LogP contribution in [0.4, 0.5) is 0 Å². The fourth-order valence-electron chi connectivity index (χ4n) is 1.86. The zero-order valence-electron chi connectivity index (χ0n) is 10.3. The second-order valence-corrected chi connectivity index (χ2v) is 4.31. The normalized spacial score (nSPS) is 27.6. The number of ether oxygens (including phenoxy) is 1. The molecule has 0 saturated carbocycles. The minimum Gasteiger partial charge on any atom is -0.383 e. The Morgan fingerprint density at radius 1 is 1.31 bits per heavy atom. The van der Waals surface area contributed by atoms with Gasteiger partial charge in [-0.25, -0.2) is 0 Å². The van der Waals surface area contributed by atoms with Gasteiger partial charge in [-0.3, -0.25) is 14.5 Å². The first-order chi connectivity index (χ1) is 7.52. The first-order valence-electron chi connectivity index (χ1n) is 5.54. The number of carbonyl (C=O) groups is 2. The predicted molar refractivity (Wildman–Crippen MR) is 59.8 cm³/mol. The topological polar surface area (TPSA) is 58.6 Å². The number of nitrogens with one attached hydrogen (secondary N) is 1. The van der Waals surface area contributed by atoms with E-state index in [2.05, 4.69) is 5.32 Å². The van der Waals surface area contributed by atoms with Crippen LogP contribution in [-0.2, 0) is 14.3 Å². The summed E-state index contributed by atoms with van der Waals surface area (Å²) in [6.07, 6.45) is 0. The third kappa shape index (κ3) is 2.41. The summed E-state index contributed by atoms with van der Waals surface area (Å²) in [5, 5.41) is 3.03. The first-order valence-corrected chi connectivity index (χ1v) is 5.54. The van der Waals surface area contributed by atoms with Gasteiger partial charge in [0.15, 0.2) is 0 Å². The number of likely N-dealkylation sites (N-methyl/N-ethyl adjacent to an activating group) is 1. The maximum atomic E-state index is 11.8. The molecule has 5 nitrogen and oxygen atoms in total. The number of likely N-dealkylation sites (tertiary alicyclic amines) is 1.